The molecule has 18 heavy (non-hydrogen) atoms. The lowest BCUT2D eigenvalue weighted by atomic mass is 10.3. The van der Waals surface area contributed by atoms with Crippen LogP contribution in [0.1, 0.15) is 5.69 Å². The number of aromatic nitrogens is 2. The fourth-order valence-electron chi connectivity index (χ4n) is 1.76. The van der Waals surface area contributed by atoms with E-state index in [-0.39, 0.29) is 5.69 Å². The number of benzene rings is 1. The Hall–Kier alpha value is -2.57. The molecule has 0 bridgehead atoms. The molecule has 0 spiro atoms. The van der Waals surface area contributed by atoms with Gasteiger partial charge in [0.05, 0.1) is 4.92 Å². The molecule has 2 aromatic rings. The number of hydrogen-bond donors (Lipinski definition) is 2. The minimum Gasteiger partial charge on any atom is -0.399 e. The maximum Gasteiger partial charge on any atom is 0.334 e. The van der Waals surface area contributed by atoms with Gasteiger partial charge in [0, 0.05) is 18.4 Å². The summed E-state index contributed by atoms with van der Waals surface area (Å²) in [5.41, 5.74) is 7.26. The molecule has 7 heteroatoms. The van der Waals surface area contributed by atoms with Crippen molar-refractivity contribution in [2.45, 2.75) is 6.92 Å². The van der Waals surface area contributed by atoms with Crippen molar-refractivity contribution in [2.24, 2.45) is 7.05 Å². The molecule has 0 amide bonds. The first kappa shape index (κ1) is 11.9. The number of nitrogens with two attached hydrogens (primary N) is 1. The molecule has 0 saturated carbocycles. The molecule has 1 aromatic carbocycles. The van der Waals surface area contributed by atoms with E-state index in [1.54, 1.807) is 38.2 Å². The predicted molar refractivity (Wildman–Crippen MR) is 68.7 cm³/mol. The van der Waals surface area contributed by atoms with Gasteiger partial charge in [0.2, 0.25) is 5.82 Å². The van der Waals surface area contributed by atoms with E-state index in [4.69, 9.17) is 5.73 Å². The summed E-state index contributed by atoms with van der Waals surface area (Å²) in [6, 6.07) is 7.00. The van der Waals surface area contributed by atoms with E-state index in [9.17, 15) is 10.1 Å². The number of hydrogen-bond acceptors (Lipinski definition) is 5. The van der Waals surface area contributed by atoms with E-state index in [0.29, 0.717) is 22.9 Å². The summed E-state index contributed by atoms with van der Waals surface area (Å²) in [7, 11) is 1.65. The van der Waals surface area contributed by atoms with Gasteiger partial charge in [-0.25, -0.2) is 4.68 Å². The summed E-state index contributed by atoms with van der Waals surface area (Å²) in [4.78, 5) is 10.6. The number of aryl methyl sites for hydroxylation is 2. The molecule has 0 radical (unpaired) electrons. The second-order valence-electron chi connectivity index (χ2n) is 3.91. The Morgan fingerprint density at radius 1 is 1.50 bits per heavy atom. The second-order valence-corrected chi connectivity index (χ2v) is 3.91. The van der Waals surface area contributed by atoms with Crippen molar-refractivity contribution >= 4 is 22.9 Å². The Labute approximate surface area is 103 Å². The van der Waals surface area contributed by atoms with Crippen LogP contribution in [0, 0.1) is 17.0 Å². The number of nitro groups is 1. The highest BCUT2D eigenvalue weighted by atomic mass is 16.6. The highest BCUT2D eigenvalue weighted by molar-refractivity contribution is 5.69. The van der Waals surface area contributed by atoms with Gasteiger partial charge in [0.1, 0.15) is 5.69 Å². The van der Waals surface area contributed by atoms with Gasteiger partial charge in [0.25, 0.3) is 0 Å². The van der Waals surface area contributed by atoms with Crippen LogP contribution in [-0.2, 0) is 7.05 Å². The van der Waals surface area contributed by atoms with Crippen LogP contribution in [-0.4, -0.2) is 14.7 Å². The van der Waals surface area contributed by atoms with Crippen LogP contribution in [0.3, 0.4) is 0 Å². The largest absolute Gasteiger partial charge is 0.399 e. The Balaban J connectivity index is 2.43. The van der Waals surface area contributed by atoms with Gasteiger partial charge in [-0.15, -0.1) is 0 Å². The molecule has 0 aliphatic rings. The molecule has 94 valence electrons. The molecule has 0 unspecified atom stereocenters. The summed E-state index contributed by atoms with van der Waals surface area (Å²) < 4.78 is 1.44. The van der Waals surface area contributed by atoms with Gasteiger partial charge in [-0.1, -0.05) is 6.07 Å². The maximum absolute atomic E-state index is 11.0. The molecule has 0 aliphatic heterocycles. The third-order valence-electron chi connectivity index (χ3n) is 2.52. The predicted octanol–water partition coefficient (Wildman–Crippen LogP) is 1.96. The SMILES string of the molecule is Cc1nn(C)c(Nc2cccc(N)c2)c1[N+](=O)[O-]. The van der Waals surface area contributed by atoms with Gasteiger partial charge in [-0.3, -0.25) is 10.1 Å². The molecule has 7 nitrogen and oxygen atoms in total. The van der Waals surface area contributed by atoms with Gasteiger partial charge in [-0.2, -0.15) is 5.10 Å². The van der Waals surface area contributed by atoms with E-state index in [2.05, 4.69) is 10.4 Å². The Morgan fingerprint density at radius 3 is 2.83 bits per heavy atom. The van der Waals surface area contributed by atoms with Gasteiger partial charge in [0.15, 0.2) is 0 Å². The zero-order valence-corrected chi connectivity index (χ0v) is 10.0. The highest BCUT2D eigenvalue weighted by Gasteiger charge is 2.23. The van der Waals surface area contributed by atoms with Crippen LogP contribution in [0.15, 0.2) is 24.3 Å². The smallest absolute Gasteiger partial charge is 0.334 e. The van der Waals surface area contributed by atoms with Gasteiger partial charge < -0.3 is 11.1 Å². The zero-order chi connectivity index (χ0) is 13.3. The zero-order valence-electron chi connectivity index (χ0n) is 10.0. The van der Waals surface area contributed by atoms with E-state index in [0.717, 1.165) is 0 Å². The monoisotopic (exact) mass is 247 g/mol. The lowest BCUT2D eigenvalue weighted by Gasteiger charge is -2.06. The minimum absolute atomic E-state index is 0.0278. The van der Waals surface area contributed by atoms with Crippen molar-refractivity contribution < 1.29 is 4.92 Å². The Morgan fingerprint density at radius 2 is 2.22 bits per heavy atom. The molecular formula is C11H13N5O2. The van der Waals surface area contributed by atoms with Crippen molar-refractivity contribution in [3.05, 3.63) is 40.1 Å². The van der Waals surface area contributed by atoms with Crippen molar-refractivity contribution in [3.8, 4) is 0 Å². The van der Waals surface area contributed by atoms with Crippen molar-refractivity contribution in [1.82, 2.24) is 9.78 Å². The summed E-state index contributed by atoms with van der Waals surface area (Å²) in [6.07, 6.45) is 0. The van der Waals surface area contributed by atoms with Gasteiger partial charge >= 0.3 is 5.69 Å². The summed E-state index contributed by atoms with van der Waals surface area (Å²) in [5.74, 6) is 0.336. The molecule has 0 saturated heterocycles. The molecule has 3 N–H and O–H groups in total. The molecule has 0 atom stereocenters. The average molecular weight is 247 g/mol. The van der Waals surface area contributed by atoms with Crippen LogP contribution < -0.4 is 11.1 Å². The molecular weight excluding hydrogens is 234 g/mol. The number of nitrogens with zero attached hydrogens (tertiary/aromatic N) is 3. The van der Waals surface area contributed by atoms with Crippen molar-refractivity contribution in [3.63, 3.8) is 0 Å². The third kappa shape index (κ3) is 2.10. The molecule has 1 aromatic heterocycles. The van der Waals surface area contributed by atoms with E-state index < -0.39 is 4.92 Å². The first-order chi connectivity index (χ1) is 8.49. The second kappa shape index (κ2) is 4.36. The maximum atomic E-state index is 11.0. The molecule has 0 fully saturated rings. The van der Waals surface area contributed by atoms with Crippen LogP contribution in [0.5, 0.6) is 0 Å². The van der Waals surface area contributed by atoms with Crippen LogP contribution in [0.2, 0.25) is 0 Å². The average Bonchev–Trinajstić information content (AvgIpc) is 2.53. The highest BCUT2D eigenvalue weighted by Crippen LogP contribution is 2.30. The van der Waals surface area contributed by atoms with E-state index in [1.165, 1.54) is 4.68 Å². The number of anilines is 3. The Bertz CT molecular complexity index is 605. The first-order valence-corrected chi connectivity index (χ1v) is 5.29. The molecule has 1 heterocycles. The lowest BCUT2D eigenvalue weighted by molar-refractivity contribution is -0.384. The fourth-order valence-corrected chi connectivity index (χ4v) is 1.76. The quantitative estimate of drug-likeness (QED) is 0.490. The molecule has 0 aliphatic carbocycles. The van der Waals surface area contributed by atoms with Crippen LogP contribution in [0.25, 0.3) is 0 Å². The summed E-state index contributed by atoms with van der Waals surface area (Å²) in [5, 5.41) is 18.0. The third-order valence-corrected chi connectivity index (χ3v) is 2.52. The fraction of sp³-hybridized carbons (Fsp3) is 0.182. The van der Waals surface area contributed by atoms with E-state index >= 15 is 0 Å². The lowest BCUT2D eigenvalue weighted by Crippen LogP contribution is -2.01. The minimum atomic E-state index is -0.447. The van der Waals surface area contributed by atoms with Crippen LogP contribution in [0.4, 0.5) is 22.9 Å². The Kier molecular flexibility index (Phi) is 2.88. The standard InChI is InChI=1S/C11H13N5O2/c1-7-10(16(17)18)11(15(2)14-7)13-9-5-3-4-8(12)6-9/h3-6,13H,12H2,1-2H3. The van der Waals surface area contributed by atoms with Crippen LogP contribution >= 0.6 is 0 Å². The first-order valence-electron chi connectivity index (χ1n) is 5.29. The number of nitrogen functional groups attached to an aromatic ring is 1. The number of rotatable bonds is 3. The van der Waals surface area contributed by atoms with Crippen molar-refractivity contribution in [1.29, 1.82) is 0 Å². The van der Waals surface area contributed by atoms with E-state index in [1.807, 2.05) is 0 Å². The number of nitrogens with one attached hydrogen (secondary N) is 1. The summed E-state index contributed by atoms with van der Waals surface area (Å²) >= 11 is 0. The topological polar surface area (TPSA) is 99.0 Å². The summed E-state index contributed by atoms with van der Waals surface area (Å²) in [6.45, 7) is 1.60. The van der Waals surface area contributed by atoms with Crippen molar-refractivity contribution in [2.75, 3.05) is 11.1 Å². The molecule has 2 rings (SSSR count). The normalized spacial score (nSPS) is 10.3. The van der Waals surface area contributed by atoms with Gasteiger partial charge in [-0.05, 0) is 25.1 Å².